The number of thioether (sulfide) groups is 1. The average molecular weight is 477 g/mol. The number of hydrogen-bond donors (Lipinski definition) is 3. The number of aliphatic hydroxyl groups is 1. The van der Waals surface area contributed by atoms with Gasteiger partial charge in [0.25, 0.3) is 5.01 Å². The van der Waals surface area contributed by atoms with E-state index in [1.807, 2.05) is 30.3 Å². The zero-order valence-corrected chi connectivity index (χ0v) is 19.5. The summed E-state index contributed by atoms with van der Waals surface area (Å²) in [5.41, 5.74) is 2.82. The number of aliphatic hydroxyl groups excluding tert-OH is 1. The third-order valence-corrected chi connectivity index (χ3v) is 7.58. The third kappa shape index (κ3) is 4.25. The van der Waals surface area contributed by atoms with Crippen molar-refractivity contribution in [2.75, 3.05) is 23.4 Å². The van der Waals surface area contributed by atoms with Gasteiger partial charge in [0.2, 0.25) is 5.52 Å². The first-order valence-electron chi connectivity index (χ1n) is 9.98. The van der Waals surface area contributed by atoms with Crippen LogP contribution in [0, 0.1) is 0 Å². The Hall–Kier alpha value is -2.26. The Labute approximate surface area is 193 Å². The number of fused-ring (bicyclic) bond motifs is 2. The minimum atomic E-state index is -1.08. The van der Waals surface area contributed by atoms with Crippen LogP contribution in [0.4, 0.5) is 11.4 Å². The van der Waals surface area contributed by atoms with Crippen molar-refractivity contribution in [3.63, 3.8) is 0 Å². The fraction of sp³-hybridized carbons (Fsp3) is 0.273. The van der Waals surface area contributed by atoms with Gasteiger partial charge in [0.15, 0.2) is 0 Å². The normalized spacial score (nSPS) is 15.5. The maximum atomic E-state index is 11.2. The molecule has 3 N–H and O–H groups in total. The van der Waals surface area contributed by atoms with E-state index in [1.165, 1.54) is 4.90 Å². The van der Waals surface area contributed by atoms with E-state index in [-0.39, 0.29) is 0 Å². The molecule has 0 saturated carbocycles. The maximum Gasteiger partial charge on any atom is 0.328 e. The molecule has 31 heavy (non-hydrogen) atoms. The molecule has 1 atom stereocenters. The number of aromatic nitrogens is 1. The van der Waals surface area contributed by atoms with E-state index in [4.69, 9.17) is 11.6 Å². The second-order valence-electron chi connectivity index (χ2n) is 7.03. The molecule has 0 fully saturated rings. The van der Waals surface area contributed by atoms with Crippen LogP contribution in [0.15, 0.2) is 46.3 Å². The quantitative estimate of drug-likeness (QED) is 0.431. The number of benzene rings is 2. The smallest absolute Gasteiger partial charge is 0.328 e. The molecule has 0 saturated heterocycles. The topological polar surface area (TPSA) is 76.7 Å². The molecule has 2 heterocycles. The van der Waals surface area contributed by atoms with Gasteiger partial charge in [0.1, 0.15) is 17.3 Å². The lowest BCUT2D eigenvalue weighted by Crippen LogP contribution is -2.34. The Bertz CT molecular complexity index is 1180. The highest BCUT2D eigenvalue weighted by Crippen LogP contribution is 2.47. The van der Waals surface area contributed by atoms with Crippen molar-refractivity contribution in [3.05, 3.63) is 51.5 Å². The van der Waals surface area contributed by atoms with E-state index in [1.54, 1.807) is 23.1 Å². The molecule has 6 nitrogen and oxygen atoms in total. The monoisotopic (exact) mass is 476 g/mol. The van der Waals surface area contributed by atoms with Gasteiger partial charge in [0.05, 0.1) is 23.4 Å². The van der Waals surface area contributed by atoms with Crippen LogP contribution in [-0.4, -0.2) is 35.4 Å². The van der Waals surface area contributed by atoms with Gasteiger partial charge >= 0.3 is 5.97 Å². The molecule has 4 rings (SSSR count). The largest absolute Gasteiger partial charge is 0.480 e. The number of aliphatic carboxylic acids is 1. The first kappa shape index (κ1) is 22.0. The second kappa shape index (κ2) is 9.08. The Morgan fingerprint density at radius 3 is 2.77 bits per heavy atom. The van der Waals surface area contributed by atoms with Crippen molar-refractivity contribution < 1.29 is 19.6 Å². The predicted molar refractivity (Wildman–Crippen MR) is 128 cm³/mol. The van der Waals surface area contributed by atoms with Gasteiger partial charge in [-0.05, 0) is 44.2 Å². The lowest BCUT2D eigenvalue weighted by Gasteiger charge is -2.17. The van der Waals surface area contributed by atoms with Crippen LogP contribution >= 0.6 is 34.7 Å². The van der Waals surface area contributed by atoms with Crippen molar-refractivity contribution >= 4 is 68.3 Å². The van der Waals surface area contributed by atoms with Crippen LogP contribution in [0.5, 0.6) is 0 Å². The standard InChI is InChI=1S/C22H22ClN3O3S2/c1-3-25-16-9-13(23)5-7-18(16)30-20(25)11-21-26(4-2)17-10-14(6-8-19(17)31-21)24-15(12-27)22(28)29/h5-11,15,24,27H,3-4,12H2,1-2H3/p+1. The van der Waals surface area contributed by atoms with Gasteiger partial charge in [-0.1, -0.05) is 34.7 Å². The molecule has 0 radical (unpaired) electrons. The number of rotatable bonds is 7. The van der Waals surface area contributed by atoms with Gasteiger partial charge in [-0.15, -0.1) is 0 Å². The number of nitrogens with one attached hydrogen (secondary N) is 1. The number of halogens is 1. The number of nitrogens with zero attached hydrogens (tertiary/aromatic N) is 2. The van der Waals surface area contributed by atoms with Crippen LogP contribution in [0.1, 0.15) is 18.9 Å². The number of carboxylic acids is 1. The molecule has 0 aliphatic carbocycles. The lowest BCUT2D eigenvalue weighted by molar-refractivity contribution is -0.665. The molecule has 1 aliphatic heterocycles. The Kier molecular flexibility index (Phi) is 6.43. The second-order valence-corrected chi connectivity index (χ2v) is 9.59. The summed E-state index contributed by atoms with van der Waals surface area (Å²) >= 11 is 9.65. The van der Waals surface area contributed by atoms with Crippen LogP contribution in [0.3, 0.4) is 0 Å². The molecular weight excluding hydrogens is 454 g/mol. The van der Waals surface area contributed by atoms with Crippen LogP contribution in [-0.2, 0) is 11.3 Å². The van der Waals surface area contributed by atoms with Gasteiger partial charge in [0, 0.05) is 28.2 Å². The van der Waals surface area contributed by atoms with Crippen molar-refractivity contribution in [1.82, 2.24) is 0 Å². The summed E-state index contributed by atoms with van der Waals surface area (Å²) in [4.78, 5) is 14.7. The number of aryl methyl sites for hydroxylation is 1. The lowest BCUT2D eigenvalue weighted by atomic mass is 10.2. The summed E-state index contributed by atoms with van der Waals surface area (Å²) in [7, 11) is 0. The van der Waals surface area contributed by atoms with E-state index in [9.17, 15) is 15.0 Å². The number of thiazole rings is 1. The fourth-order valence-corrected chi connectivity index (χ4v) is 6.15. The maximum absolute atomic E-state index is 11.2. The Morgan fingerprint density at radius 1 is 1.29 bits per heavy atom. The number of anilines is 2. The summed E-state index contributed by atoms with van der Waals surface area (Å²) in [5.74, 6) is -1.08. The van der Waals surface area contributed by atoms with E-state index in [2.05, 4.69) is 40.8 Å². The summed E-state index contributed by atoms with van der Waals surface area (Å²) in [6.45, 7) is 5.36. The van der Waals surface area contributed by atoms with Crippen LogP contribution < -0.4 is 14.8 Å². The van der Waals surface area contributed by atoms with Gasteiger partial charge in [-0.2, -0.15) is 4.57 Å². The highest BCUT2D eigenvalue weighted by Gasteiger charge is 2.27. The Balaban J connectivity index is 1.72. The van der Waals surface area contributed by atoms with Crippen LogP contribution in [0.25, 0.3) is 16.3 Å². The highest BCUT2D eigenvalue weighted by molar-refractivity contribution is 8.03. The molecule has 2 aromatic carbocycles. The van der Waals surface area contributed by atoms with Crippen molar-refractivity contribution in [1.29, 1.82) is 0 Å². The average Bonchev–Trinajstić information content (AvgIpc) is 3.27. The predicted octanol–water partition coefficient (Wildman–Crippen LogP) is 4.65. The van der Waals surface area contributed by atoms with E-state index in [0.29, 0.717) is 5.69 Å². The van der Waals surface area contributed by atoms with Crippen molar-refractivity contribution in [2.24, 2.45) is 0 Å². The van der Waals surface area contributed by atoms with Gasteiger partial charge < -0.3 is 20.4 Å². The molecule has 1 unspecified atom stereocenters. The summed E-state index contributed by atoms with van der Waals surface area (Å²) < 4.78 is 3.33. The first-order valence-corrected chi connectivity index (χ1v) is 12.0. The Morgan fingerprint density at radius 2 is 2.10 bits per heavy atom. The number of carbonyl (C=O) groups is 1. The van der Waals surface area contributed by atoms with E-state index >= 15 is 0 Å². The van der Waals surface area contributed by atoms with E-state index in [0.717, 1.165) is 44.1 Å². The van der Waals surface area contributed by atoms with E-state index < -0.39 is 18.6 Å². The van der Waals surface area contributed by atoms with Crippen molar-refractivity contribution in [2.45, 2.75) is 31.3 Å². The zero-order chi connectivity index (χ0) is 22.1. The summed E-state index contributed by atoms with van der Waals surface area (Å²) in [5, 5.41) is 24.4. The molecule has 1 aliphatic rings. The zero-order valence-electron chi connectivity index (χ0n) is 17.1. The minimum Gasteiger partial charge on any atom is -0.480 e. The molecule has 0 bridgehead atoms. The molecular formula is C22H23ClN3O3S2+. The molecule has 3 aromatic rings. The van der Waals surface area contributed by atoms with Crippen molar-refractivity contribution in [3.8, 4) is 0 Å². The highest BCUT2D eigenvalue weighted by atomic mass is 35.5. The first-order chi connectivity index (χ1) is 14.9. The van der Waals surface area contributed by atoms with Crippen LogP contribution in [0.2, 0.25) is 5.02 Å². The van der Waals surface area contributed by atoms with Gasteiger partial charge in [-0.3, -0.25) is 0 Å². The molecule has 1 aromatic heterocycles. The SMILES string of the molecule is CCN1C(=Cc2sc3ccc(NC(CO)C(=O)O)cc3[n+]2CC)Sc2ccc(Cl)cc21. The third-order valence-electron chi connectivity index (χ3n) is 5.12. The summed E-state index contributed by atoms with van der Waals surface area (Å²) in [6.07, 6.45) is 2.21. The minimum absolute atomic E-state index is 0.475. The molecule has 0 amide bonds. The van der Waals surface area contributed by atoms with Gasteiger partial charge in [-0.25, -0.2) is 4.79 Å². The number of carboxylic acid groups (broad SMARTS) is 1. The summed E-state index contributed by atoms with van der Waals surface area (Å²) in [6, 6.07) is 10.7. The molecule has 0 spiro atoms. The fourth-order valence-electron chi connectivity index (χ4n) is 3.62. The molecule has 162 valence electrons. The number of hydrogen-bond acceptors (Lipinski definition) is 6. The molecule has 9 heteroatoms.